The fraction of sp³-hybridized carbons (Fsp3) is 0.812. The van der Waals surface area contributed by atoms with Crippen LogP contribution in [0.1, 0.15) is 45.8 Å². The summed E-state index contributed by atoms with van der Waals surface area (Å²) in [6, 6.07) is 1.09. The molecule has 0 amide bonds. The van der Waals surface area contributed by atoms with E-state index >= 15 is 0 Å². The molecule has 7 nitrogen and oxygen atoms in total. The molecule has 0 bridgehead atoms. The third-order valence-corrected chi connectivity index (χ3v) is 4.31. The molecule has 8 heteroatoms. The SMILES string of the molecule is CN=C(NCCN(C(C)C)C(C)C)NCc1nnc2n1CCC2.I. The van der Waals surface area contributed by atoms with Gasteiger partial charge in [0, 0.05) is 45.2 Å². The number of hydrogen-bond acceptors (Lipinski definition) is 4. The van der Waals surface area contributed by atoms with E-state index in [1.807, 2.05) is 0 Å². The molecule has 0 saturated carbocycles. The van der Waals surface area contributed by atoms with Crippen molar-refractivity contribution in [3.05, 3.63) is 11.6 Å². The van der Waals surface area contributed by atoms with E-state index in [0.29, 0.717) is 18.6 Å². The minimum absolute atomic E-state index is 0. The highest BCUT2D eigenvalue weighted by molar-refractivity contribution is 14.0. The van der Waals surface area contributed by atoms with Gasteiger partial charge in [0.15, 0.2) is 11.8 Å². The molecule has 138 valence electrons. The zero-order valence-corrected chi connectivity index (χ0v) is 17.9. The standard InChI is InChI=1S/C16H31N7.HI/c1-12(2)22(13(3)4)10-8-18-16(17-5)19-11-15-21-20-14-7-6-9-23(14)15;/h12-13H,6-11H2,1-5H3,(H2,17,18,19);1H. The van der Waals surface area contributed by atoms with Crippen molar-refractivity contribution in [1.82, 2.24) is 30.3 Å². The van der Waals surface area contributed by atoms with E-state index < -0.39 is 0 Å². The van der Waals surface area contributed by atoms with Crippen LogP contribution < -0.4 is 10.6 Å². The average molecular weight is 449 g/mol. The molecular weight excluding hydrogens is 417 g/mol. The van der Waals surface area contributed by atoms with Crippen LogP contribution in [-0.4, -0.2) is 57.8 Å². The van der Waals surface area contributed by atoms with Crippen LogP contribution in [0.4, 0.5) is 0 Å². The maximum absolute atomic E-state index is 4.29. The van der Waals surface area contributed by atoms with Gasteiger partial charge in [-0.25, -0.2) is 0 Å². The number of rotatable bonds is 7. The first-order valence-electron chi connectivity index (χ1n) is 8.64. The molecule has 0 aliphatic carbocycles. The molecular formula is C16H32IN7. The Morgan fingerprint density at radius 1 is 1.21 bits per heavy atom. The number of nitrogens with one attached hydrogen (secondary N) is 2. The maximum atomic E-state index is 4.29. The number of aromatic nitrogens is 3. The first-order valence-corrected chi connectivity index (χ1v) is 8.64. The van der Waals surface area contributed by atoms with Gasteiger partial charge in [0.1, 0.15) is 5.82 Å². The molecule has 0 saturated heterocycles. The number of aryl methyl sites for hydroxylation is 1. The van der Waals surface area contributed by atoms with E-state index in [4.69, 9.17) is 0 Å². The zero-order valence-electron chi connectivity index (χ0n) is 15.5. The van der Waals surface area contributed by atoms with Gasteiger partial charge in [-0.2, -0.15) is 0 Å². The van der Waals surface area contributed by atoms with Crippen LogP contribution >= 0.6 is 24.0 Å². The summed E-state index contributed by atoms with van der Waals surface area (Å²) in [5, 5.41) is 15.2. The van der Waals surface area contributed by atoms with Gasteiger partial charge in [-0.15, -0.1) is 34.2 Å². The summed E-state index contributed by atoms with van der Waals surface area (Å²) in [5.41, 5.74) is 0. The topological polar surface area (TPSA) is 70.4 Å². The molecule has 1 aromatic rings. The highest BCUT2D eigenvalue weighted by atomic mass is 127. The Morgan fingerprint density at radius 2 is 1.92 bits per heavy atom. The van der Waals surface area contributed by atoms with Gasteiger partial charge in [0.25, 0.3) is 0 Å². The molecule has 0 spiro atoms. The van der Waals surface area contributed by atoms with E-state index in [0.717, 1.165) is 43.7 Å². The zero-order chi connectivity index (χ0) is 16.8. The Bertz CT molecular complexity index is 516. The normalized spacial score (nSPS) is 14.2. The molecule has 0 atom stereocenters. The quantitative estimate of drug-likeness (QED) is 0.376. The second-order valence-electron chi connectivity index (χ2n) is 6.57. The van der Waals surface area contributed by atoms with E-state index in [2.05, 4.69) is 63.0 Å². The van der Waals surface area contributed by atoms with Gasteiger partial charge in [0.05, 0.1) is 6.54 Å². The van der Waals surface area contributed by atoms with Crippen LogP contribution in [0.15, 0.2) is 4.99 Å². The van der Waals surface area contributed by atoms with Crippen molar-refractivity contribution in [3.63, 3.8) is 0 Å². The van der Waals surface area contributed by atoms with Crippen LogP contribution in [0.3, 0.4) is 0 Å². The smallest absolute Gasteiger partial charge is 0.191 e. The first kappa shape index (κ1) is 21.1. The van der Waals surface area contributed by atoms with Crippen molar-refractivity contribution >= 4 is 29.9 Å². The van der Waals surface area contributed by atoms with Gasteiger partial charge in [-0.1, -0.05) is 0 Å². The van der Waals surface area contributed by atoms with Crippen LogP contribution in [-0.2, 0) is 19.5 Å². The number of guanidine groups is 1. The lowest BCUT2D eigenvalue weighted by Gasteiger charge is -2.30. The molecule has 2 rings (SSSR count). The predicted molar refractivity (Wildman–Crippen MR) is 109 cm³/mol. The highest BCUT2D eigenvalue weighted by Gasteiger charge is 2.17. The summed E-state index contributed by atoms with van der Waals surface area (Å²) < 4.78 is 2.21. The van der Waals surface area contributed by atoms with E-state index in [1.54, 1.807) is 7.05 Å². The minimum Gasteiger partial charge on any atom is -0.355 e. The first-order chi connectivity index (χ1) is 11.0. The monoisotopic (exact) mass is 449 g/mol. The number of hydrogen-bond donors (Lipinski definition) is 2. The Morgan fingerprint density at radius 3 is 2.54 bits per heavy atom. The van der Waals surface area contributed by atoms with Crippen molar-refractivity contribution in [2.45, 2.75) is 65.7 Å². The van der Waals surface area contributed by atoms with Crippen molar-refractivity contribution in [3.8, 4) is 0 Å². The second kappa shape index (κ2) is 10.2. The lowest BCUT2D eigenvalue weighted by molar-refractivity contribution is 0.178. The molecule has 0 unspecified atom stereocenters. The van der Waals surface area contributed by atoms with Gasteiger partial charge in [-0.05, 0) is 34.1 Å². The van der Waals surface area contributed by atoms with Crippen molar-refractivity contribution in [2.24, 2.45) is 4.99 Å². The molecule has 0 aromatic carbocycles. The van der Waals surface area contributed by atoms with Gasteiger partial charge in [-0.3, -0.25) is 9.89 Å². The maximum Gasteiger partial charge on any atom is 0.191 e. The largest absolute Gasteiger partial charge is 0.355 e. The lowest BCUT2D eigenvalue weighted by Crippen LogP contribution is -2.45. The van der Waals surface area contributed by atoms with Crippen LogP contribution in [0, 0.1) is 0 Å². The van der Waals surface area contributed by atoms with Crippen LogP contribution in [0.5, 0.6) is 0 Å². The van der Waals surface area contributed by atoms with Crippen molar-refractivity contribution < 1.29 is 0 Å². The summed E-state index contributed by atoms with van der Waals surface area (Å²) in [6.45, 7) is 12.5. The molecule has 0 radical (unpaired) electrons. The Hall–Kier alpha value is -0.900. The van der Waals surface area contributed by atoms with Gasteiger partial charge < -0.3 is 15.2 Å². The highest BCUT2D eigenvalue weighted by Crippen LogP contribution is 2.13. The van der Waals surface area contributed by atoms with Crippen LogP contribution in [0.2, 0.25) is 0 Å². The fourth-order valence-electron chi connectivity index (χ4n) is 3.14. The Balaban J connectivity index is 0.00000288. The van der Waals surface area contributed by atoms with E-state index in [-0.39, 0.29) is 24.0 Å². The molecule has 1 aromatic heterocycles. The number of halogens is 1. The second-order valence-corrected chi connectivity index (χ2v) is 6.57. The summed E-state index contributed by atoms with van der Waals surface area (Å²) >= 11 is 0. The van der Waals surface area contributed by atoms with Crippen LogP contribution in [0.25, 0.3) is 0 Å². The van der Waals surface area contributed by atoms with Crippen molar-refractivity contribution in [2.75, 3.05) is 20.1 Å². The molecule has 0 fully saturated rings. The third-order valence-electron chi connectivity index (χ3n) is 4.31. The molecule has 1 aliphatic rings. The summed E-state index contributed by atoms with van der Waals surface area (Å²) in [4.78, 5) is 6.75. The minimum atomic E-state index is 0. The fourth-order valence-corrected chi connectivity index (χ4v) is 3.14. The third kappa shape index (κ3) is 5.58. The summed E-state index contributed by atoms with van der Waals surface area (Å²) in [7, 11) is 1.80. The summed E-state index contributed by atoms with van der Waals surface area (Å²) in [5.74, 6) is 2.91. The lowest BCUT2D eigenvalue weighted by atomic mass is 10.2. The Labute approximate surface area is 162 Å². The number of fused-ring (bicyclic) bond motifs is 1. The van der Waals surface area contributed by atoms with Gasteiger partial charge >= 0.3 is 0 Å². The van der Waals surface area contributed by atoms with Gasteiger partial charge in [0.2, 0.25) is 0 Å². The number of nitrogens with zero attached hydrogens (tertiary/aromatic N) is 5. The Kier molecular flexibility index (Phi) is 8.96. The predicted octanol–water partition coefficient (Wildman–Crippen LogP) is 1.63. The molecule has 2 N–H and O–H groups in total. The van der Waals surface area contributed by atoms with Crippen molar-refractivity contribution in [1.29, 1.82) is 0 Å². The molecule has 24 heavy (non-hydrogen) atoms. The average Bonchev–Trinajstić information content (AvgIpc) is 3.09. The molecule has 2 heterocycles. The number of aliphatic imine (C=N–C) groups is 1. The van der Waals surface area contributed by atoms with E-state index in [1.165, 1.54) is 6.42 Å². The summed E-state index contributed by atoms with van der Waals surface area (Å²) in [6.07, 6.45) is 2.21. The van der Waals surface area contributed by atoms with E-state index in [9.17, 15) is 0 Å². The molecule has 1 aliphatic heterocycles.